The fraction of sp³-hybridized carbons (Fsp3) is 0.474. The van der Waals surface area contributed by atoms with Crippen LogP contribution < -0.4 is 14.8 Å². The van der Waals surface area contributed by atoms with Crippen LogP contribution >= 0.6 is 0 Å². The van der Waals surface area contributed by atoms with Gasteiger partial charge in [0.2, 0.25) is 5.91 Å². The Morgan fingerprint density at radius 2 is 2.08 bits per heavy atom. The summed E-state index contributed by atoms with van der Waals surface area (Å²) < 4.78 is 12.4. The van der Waals surface area contributed by atoms with E-state index >= 15 is 0 Å². The molecule has 0 radical (unpaired) electrons. The van der Waals surface area contributed by atoms with Crippen molar-refractivity contribution in [3.8, 4) is 11.5 Å². The van der Waals surface area contributed by atoms with Crippen LogP contribution in [0.1, 0.15) is 29.7 Å². The maximum atomic E-state index is 12.2. The second kappa shape index (κ2) is 8.05. The molecule has 3 rings (SSSR count). The van der Waals surface area contributed by atoms with Gasteiger partial charge in [0.15, 0.2) is 0 Å². The smallest absolute Gasteiger partial charge is 0.241 e. The van der Waals surface area contributed by atoms with Crippen molar-refractivity contribution in [2.24, 2.45) is 0 Å². The number of amides is 1. The molecule has 1 aliphatic rings. The molecule has 0 aliphatic heterocycles. The molecule has 0 fully saturated rings. The first-order chi connectivity index (χ1) is 12.2. The van der Waals surface area contributed by atoms with Crippen molar-refractivity contribution in [2.45, 2.75) is 38.6 Å². The normalized spacial score (nSPS) is 13.2. The Morgan fingerprint density at radius 3 is 2.84 bits per heavy atom. The third-order valence-corrected chi connectivity index (χ3v) is 4.54. The van der Waals surface area contributed by atoms with Crippen LogP contribution in [-0.4, -0.2) is 36.5 Å². The SMILES string of the molecule is COc1ccc(OC)c(CCNC(=O)Cn2cc3c(n2)CCCC3)c1. The average Bonchev–Trinajstić information content (AvgIpc) is 3.03. The second-order valence-electron chi connectivity index (χ2n) is 6.28. The number of hydrogen-bond acceptors (Lipinski definition) is 4. The third kappa shape index (κ3) is 4.32. The molecule has 0 atom stereocenters. The number of aryl methyl sites for hydroxylation is 2. The lowest BCUT2D eigenvalue weighted by atomic mass is 9.99. The quantitative estimate of drug-likeness (QED) is 0.836. The number of hydrogen-bond donors (Lipinski definition) is 1. The van der Waals surface area contributed by atoms with E-state index in [1.807, 2.05) is 24.4 Å². The number of nitrogens with one attached hydrogen (secondary N) is 1. The number of carbonyl (C=O) groups is 1. The minimum atomic E-state index is -0.0262. The number of fused-ring (bicyclic) bond motifs is 1. The monoisotopic (exact) mass is 343 g/mol. The number of methoxy groups -OCH3 is 2. The number of ether oxygens (including phenoxy) is 2. The summed E-state index contributed by atoms with van der Waals surface area (Å²) in [5, 5.41) is 7.48. The van der Waals surface area contributed by atoms with E-state index in [9.17, 15) is 4.79 Å². The number of aromatic nitrogens is 2. The largest absolute Gasteiger partial charge is 0.497 e. The van der Waals surface area contributed by atoms with Gasteiger partial charge in [-0.15, -0.1) is 0 Å². The molecular weight excluding hydrogens is 318 g/mol. The van der Waals surface area contributed by atoms with E-state index in [1.54, 1.807) is 18.9 Å². The molecule has 0 spiro atoms. The lowest BCUT2D eigenvalue weighted by Crippen LogP contribution is -2.29. The van der Waals surface area contributed by atoms with E-state index in [0.717, 1.165) is 35.6 Å². The van der Waals surface area contributed by atoms with E-state index in [2.05, 4.69) is 10.4 Å². The molecule has 6 nitrogen and oxygen atoms in total. The first-order valence-electron chi connectivity index (χ1n) is 8.72. The minimum absolute atomic E-state index is 0.0262. The van der Waals surface area contributed by atoms with Gasteiger partial charge in [0.05, 0.1) is 19.9 Å². The van der Waals surface area contributed by atoms with Gasteiger partial charge in [-0.25, -0.2) is 0 Å². The molecule has 1 amide bonds. The first-order valence-corrected chi connectivity index (χ1v) is 8.72. The van der Waals surface area contributed by atoms with Gasteiger partial charge in [-0.2, -0.15) is 5.10 Å². The molecule has 1 aromatic carbocycles. The maximum Gasteiger partial charge on any atom is 0.241 e. The van der Waals surface area contributed by atoms with Crippen molar-refractivity contribution in [3.05, 3.63) is 41.2 Å². The van der Waals surface area contributed by atoms with E-state index in [0.29, 0.717) is 13.0 Å². The molecular formula is C19H25N3O3. The van der Waals surface area contributed by atoms with Crippen molar-refractivity contribution in [3.63, 3.8) is 0 Å². The Labute approximate surface area is 148 Å². The van der Waals surface area contributed by atoms with Crippen LogP contribution in [0.2, 0.25) is 0 Å². The van der Waals surface area contributed by atoms with Crippen LogP contribution in [0.15, 0.2) is 24.4 Å². The summed E-state index contributed by atoms with van der Waals surface area (Å²) in [7, 11) is 3.28. The molecule has 1 heterocycles. The summed E-state index contributed by atoms with van der Waals surface area (Å²) >= 11 is 0. The Kier molecular flexibility index (Phi) is 5.58. The fourth-order valence-electron chi connectivity index (χ4n) is 3.23. The molecule has 1 aliphatic carbocycles. The Bertz CT molecular complexity index is 716. The first kappa shape index (κ1) is 17.3. The Hall–Kier alpha value is -2.50. The highest BCUT2D eigenvalue weighted by Gasteiger charge is 2.14. The molecule has 134 valence electrons. The number of carbonyl (C=O) groups excluding carboxylic acids is 1. The van der Waals surface area contributed by atoms with Crippen molar-refractivity contribution >= 4 is 5.91 Å². The Balaban J connectivity index is 1.52. The highest BCUT2D eigenvalue weighted by atomic mass is 16.5. The van der Waals surface area contributed by atoms with E-state index in [4.69, 9.17) is 9.47 Å². The van der Waals surface area contributed by atoms with Gasteiger partial charge >= 0.3 is 0 Å². The van der Waals surface area contributed by atoms with Gasteiger partial charge in [0.25, 0.3) is 0 Å². The lowest BCUT2D eigenvalue weighted by Gasteiger charge is -2.11. The van der Waals surface area contributed by atoms with Gasteiger partial charge in [0.1, 0.15) is 18.0 Å². The zero-order valence-electron chi connectivity index (χ0n) is 14.9. The number of rotatable bonds is 7. The van der Waals surface area contributed by atoms with Crippen LogP contribution in [0.3, 0.4) is 0 Å². The van der Waals surface area contributed by atoms with Crippen LogP contribution in [0, 0.1) is 0 Å². The molecule has 0 bridgehead atoms. The Morgan fingerprint density at radius 1 is 1.24 bits per heavy atom. The zero-order chi connectivity index (χ0) is 17.6. The predicted molar refractivity (Wildman–Crippen MR) is 95.1 cm³/mol. The highest BCUT2D eigenvalue weighted by molar-refractivity contribution is 5.75. The van der Waals surface area contributed by atoms with Crippen molar-refractivity contribution in [2.75, 3.05) is 20.8 Å². The summed E-state index contributed by atoms with van der Waals surface area (Å²) in [4.78, 5) is 12.2. The summed E-state index contributed by atoms with van der Waals surface area (Å²) in [6.07, 6.45) is 7.21. The minimum Gasteiger partial charge on any atom is -0.497 e. The molecule has 1 aromatic heterocycles. The van der Waals surface area contributed by atoms with Crippen molar-refractivity contribution in [1.29, 1.82) is 0 Å². The zero-order valence-corrected chi connectivity index (χ0v) is 14.9. The van der Waals surface area contributed by atoms with Gasteiger partial charge in [-0.1, -0.05) is 0 Å². The lowest BCUT2D eigenvalue weighted by molar-refractivity contribution is -0.121. The highest BCUT2D eigenvalue weighted by Crippen LogP contribution is 2.24. The summed E-state index contributed by atoms with van der Waals surface area (Å²) in [6.45, 7) is 0.811. The third-order valence-electron chi connectivity index (χ3n) is 4.54. The van der Waals surface area contributed by atoms with Crippen LogP contribution in [0.4, 0.5) is 0 Å². The molecule has 2 aromatic rings. The average molecular weight is 343 g/mol. The van der Waals surface area contributed by atoms with Gasteiger partial charge in [-0.3, -0.25) is 9.48 Å². The van der Waals surface area contributed by atoms with Crippen LogP contribution in [0.25, 0.3) is 0 Å². The fourth-order valence-corrected chi connectivity index (χ4v) is 3.23. The summed E-state index contributed by atoms with van der Waals surface area (Å²) in [5.41, 5.74) is 3.46. The molecule has 0 saturated carbocycles. The van der Waals surface area contributed by atoms with Crippen LogP contribution in [-0.2, 0) is 30.6 Å². The van der Waals surface area contributed by atoms with Crippen molar-refractivity contribution < 1.29 is 14.3 Å². The number of nitrogens with zero attached hydrogens (tertiary/aromatic N) is 2. The summed E-state index contributed by atoms with van der Waals surface area (Å²) in [6, 6.07) is 5.68. The molecule has 0 saturated heterocycles. The summed E-state index contributed by atoms with van der Waals surface area (Å²) in [5.74, 6) is 1.56. The van der Waals surface area contributed by atoms with Gasteiger partial charge in [-0.05, 0) is 61.4 Å². The van der Waals surface area contributed by atoms with Gasteiger partial charge < -0.3 is 14.8 Å². The van der Waals surface area contributed by atoms with Gasteiger partial charge in [0, 0.05) is 12.7 Å². The maximum absolute atomic E-state index is 12.2. The predicted octanol–water partition coefficient (Wildman–Crippen LogP) is 2.14. The molecule has 0 unspecified atom stereocenters. The van der Waals surface area contributed by atoms with E-state index in [1.165, 1.54) is 18.4 Å². The van der Waals surface area contributed by atoms with E-state index < -0.39 is 0 Å². The van der Waals surface area contributed by atoms with E-state index in [-0.39, 0.29) is 12.5 Å². The topological polar surface area (TPSA) is 65.4 Å². The molecule has 25 heavy (non-hydrogen) atoms. The molecule has 6 heteroatoms. The second-order valence-corrected chi connectivity index (χ2v) is 6.28. The number of benzene rings is 1. The standard InChI is InChI=1S/C19H25N3O3/c1-24-16-7-8-18(25-2)14(11-16)9-10-20-19(23)13-22-12-15-5-3-4-6-17(15)21-22/h7-8,11-12H,3-6,9-10,13H2,1-2H3,(H,20,23). The molecule has 1 N–H and O–H groups in total. The van der Waals surface area contributed by atoms with Crippen molar-refractivity contribution in [1.82, 2.24) is 15.1 Å². The van der Waals surface area contributed by atoms with Crippen LogP contribution in [0.5, 0.6) is 11.5 Å².